The lowest BCUT2D eigenvalue weighted by Gasteiger charge is -2.26. The summed E-state index contributed by atoms with van der Waals surface area (Å²) in [5, 5.41) is 0. The Hall–Kier alpha value is -1.14. The van der Waals surface area contributed by atoms with Crippen molar-refractivity contribution in [1.82, 2.24) is 0 Å². The molecule has 1 atom stereocenters. The zero-order valence-corrected chi connectivity index (χ0v) is 11.8. The summed E-state index contributed by atoms with van der Waals surface area (Å²) in [6.07, 6.45) is 1.20. The Kier molecular flexibility index (Phi) is 4.10. The van der Waals surface area contributed by atoms with Crippen LogP contribution in [-0.2, 0) is 16.3 Å². The molecule has 1 heterocycles. The molecule has 0 aliphatic carbocycles. The molecule has 2 N–H and O–H groups in total. The fourth-order valence-corrected chi connectivity index (χ4v) is 4.21. The predicted molar refractivity (Wildman–Crippen MR) is 74.6 cm³/mol. The molecular formula is C13H19FN2O2S. The minimum absolute atomic E-state index is 0.105. The van der Waals surface area contributed by atoms with Crippen LogP contribution in [0.4, 0.5) is 10.1 Å². The van der Waals surface area contributed by atoms with E-state index < -0.39 is 9.84 Å². The van der Waals surface area contributed by atoms with E-state index in [2.05, 4.69) is 0 Å². The number of sulfone groups is 1. The first-order valence-corrected chi connectivity index (χ1v) is 8.17. The summed E-state index contributed by atoms with van der Waals surface area (Å²) in [6, 6.07) is 4.87. The summed E-state index contributed by atoms with van der Waals surface area (Å²) in [7, 11) is -1.22. The van der Waals surface area contributed by atoms with Crippen LogP contribution in [0.2, 0.25) is 0 Å². The van der Waals surface area contributed by atoms with Crippen LogP contribution in [-0.4, -0.2) is 39.6 Å². The molecule has 0 aromatic heterocycles. The highest BCUT2D eigenvalue weighted by Gasteiger charge is 2.31. The summed E-state index contributed by atoms with van der Waals surface area (Å²) >= 11 is 0. The average molecular weight is 286 g/mol. The largest absolute Gasteiger partial charge is 0.368 e. The van der Waals surface area contributed by atoms with Crippen LogP contribution in [0.15, 0.2) is 18.2 Å². The van der Waals surface area contributed by atoms with Crippen molar-refractivity contribution in [2.75, 3.05) is 30.0 Å². The van der Waals surface area contributed by atoms with Crippen molar-refractivity contribution in [3.05, 3.63) is 29.6 Å². The summed E-state index contributed by atoms with van der Waals surface area (Å²) in [5.41, 5.74) is 6.74. The van der Waals surface area contributed by atoms with Gasteiger partial charge < -0.3 is 10.6 Å². The second-order valence-corrected chi connectivity index (χ2v) is 7.22. The molecular weight excluding hydrogens is 267 g/mol. The first kappa shape index (κ1) is 14.3. The Morgan fingerprint density at radius 1 is 1.47 bits per heavy atom. The van der Waals surface area contributed by atoms with Crippen molar-refractivity contribution in [2.45, 2.75) is 18.9 Å². The van der Waals surface area contributed by atoms with Crippen molar-refractivity contribution in [2.24, 2.45) is 5.73 Å². The Morgan fingerprint density at radius 2 is 2.21 bits per heavy atom. The first-order valence-electron chi connectivity index (χ1n) is 6.35. The molecule has 1 aliphatic rings. The van der Waals surface area contributed by atoms with Gasteiger partial charge in [-0.3, -0.25) is 0 Å². The highest BCUT2D eigenvalue weighted by molar-refractivity contribution is 7.91. The zero-order chi connectivity index (χ0) is 14.0. The van der Waals surface area contributed by atoms with Crippen molar-refractivity contribution < 1.29 is 12.8 Å². The molecule has 106 valence electrons. The maximum absolute atomic E-state index is 14.0. The number of nitrogens with two attached hydrogens (primary N) is 1. The third kappa shape index (κ3) is 3.25. The normalized spacial score (nSPS) is 21.5. The lowest BCUT2D eigenvalue weighted by Crippen LogP contribution is -2.33. The summed E-state index contributed by atoms with van der Waals surface area (Å²) < 4.78 is 37.0. The number of rotatable bonds is 4. The fourth-order valence-electron chi connectivity index (χ4n) is 2.44. The van der Waals surface area contributed by atoms with Crippen LogP contribution in [0.1, 0.15) is 12.0 Å². The second kappa shape index (κ2) is 5.46. The number of benzene rings is 1. The van der Waals surface area contributed by atoms with Crippen molar-refractivity contribution in [3.63, 3.8) is 0 Å². The van der Waals surface area contributed by atoms with Gasteiger partial charge in [-0.25, -0.2) is 12.8 Å². The van der Waals surface area contributed by atoms with Crippen LogP contribution in [0.5, 0.6) is 0 Å². The lowest BCUT2D eigenvalue weighted by molar-refractivity contribution is 0.596. The lowest BCUT2D eigenvalue weighted by atomic mass is 10.1. The van der Waals surface area contributed by atoms with Gasteiger partial charge in [0.05, 0.1) is 17.2 Å². The highest BCUT2D eigenvalue weighted by atomic mass is 32.2. The van der Waals surface area contributed by atoms with E-state index in [1.54, 1.807) is 18.0 Å². The Bertz CT molecular complexity index is 560. The number of nitrogens with zero attached hydrogens (tertiary/aromatic N) is 1. The van der Waals surface area contributed by atoms with E-state index >= 15 is 0 Å². The Labute approximate surface area is 113 Å². The van der Waals surface area contributed by atoms with E-state index in [-0.39, 0.29) is 23.4 Å². The van der Waals surface area contributed by atoms with E-state index in [0.29, 0.717) is 25.1 Å². The van der Waals surface area contributed by atoms with Crippen LogP contribution in [0, 0.1) is 5.82 Å². The molecule has 2 rings (SSSR count). The maximum Gasteiger partial charge on any atom is 0.152 e. The monoisotopic (exact) mass is 286 g/mol. The van der Waals surface area contributed by atoms with Gasteiger partial charge in [-0.1, -0.05) is 6.07 Å². The van der Waals surface area contributed by atoms with Gasteiger partial charge in [-0.05, 0) is 37.1 Å². The topological polar surface area (TPSA) is 63.4 Å². The van der Waals surface area contributed by atoms with Gasteiger partial charge >= 0.3 is 0 Å². The molecule has 1 saturated heterocycles. The van der Waals surface area contributed by atoms with E-state index in [1.165, 1.54) is 6.07 Å². The van der Waals surface area contributed by atoms with Crippen molar-refractivity contribution in [3.8, 4) is 0 Å². The SMILES string of the molecule is CN(c1ccc(CCN)cc1F)C1CCS(=O)(=O)C1. The third-order valence-corrected chi connectivity index (χ3v) is 5.33. The molecule has 1 fully saturated rings. The molecule has 1 aromatic carbocycles. The molecule has 0 radical (unpaired) electrons. The van der Waals surface area contributed by atoms with Crippen LogP contribution in [0.3, 0.4) is 0 Å². The Morgan fingerprint density at radius 3 is 2.74 bits per heavy atom. The molecule has 1 unspecified atom stereocenters. The molecule has 6 heteroatoms. The smallest absolute Gasteiger partial charge is 0.152 e. The summed E-state index contributed by atoms with van der Waals surface area (Å²) in [6.45, 7) is 0.482. The molecule has 0 saturated carbocycles. The Balaban J connectivity index is 2.18. The van der Waals surface area contributed by atoms with Crippen LogP contribution >= 0.6 is 0 Å². The quantitative estimate of drug-likeness (QED) is 0.895. The van der Waals surface area contributed by atoms with Gasteiger partial charge in [0.15, 0.2) is 9.84 Å². The van der Waals surface area contributed by atoms with Crippen LogP contribution < -0.4 is 10.6 Å². The van der Waals surface area contributed by atoms with Crippen molar-refractivity contribution in [1.29, 1.82) is 0 Å². The summed E-state index contributed by atoms with van der Waals surface area (Å²) in [5.74, 6) is -0.0275. The zero-order valence-electron chi connectivity index (χ0n) is 11.0. The number of hydrogen-bond acceptors (Lipinski definition) is 4. The minimum Gasteiger partial charge on any atom is -0.368 e. The molecule has 0 spiro atoms. The van der Waals surface area contributed by atoms with Gasteiger partial charge in [-0.2, -0.15) is 0 Å². The standard InChI is InChI=1S/C13H19FN2O2S/c1-16(11-5-7-19(17,18)9-11)13-3-2-10(4-6-15)8-12(13)14/h2-3,8,11H,4-7,9,15H2,1H3. The number of hydrogen-bond donors (Lipinski definition) is 1. The van der Waals surface area contributed by atoms with Gasteiger partial charge in [0, 0.05) is 13.1 Å². The summed E-state index contributed by atoms with van der Waals surface area (Å²) in [4.78, 5) is 1.73. The molecule has 1 aliphatic heterocycles. The third-order valence-electron chi connectivity index (χ3n) is 3.58. The van der Waals surface area contributed by atoms with Gasteiger partial charge in [0.2, 0.25) is 0 Å². The fraction of sp³-hybridized carbons (Fsp3) is 0.538. The molecule has 0 amide bonds. The van der Waals surface area contributed by atoms with Gasteiger partial charge in [0.25, 0.3) is 0 Å². The van der Waals surface area contributed by atoms with E-state index in [9.17, 15) is 12.8 Å². The molecule has 19 heavy (non-hydrogen) atoms. The van der Waals surface area contributed by atoms with Crippen molar-refractivity contribution >= 4 is 15.5 Å². The van der Waals surface area contributed by atoms with E-state index in [4.69, 9.17) is 5.73 Å². The van der Waals surface area contributed by atoms with E-state index in [1.807, 2.05) is 6.07 Å². The van der Waals surface area contributed by atoms with Crippen LogP contribution in [0.25, 0.3) is 0 Å². The second-order valence-electron chi connectivity index (χ2n) is 4.99. The highest BCUT2D eigenvalue weighted by Crippen LogP contribution is 2.26. The molecule has 0 bridgehead atoms. The molecule has 1 aromatic rings. The van der Waals surface area contributed by atoms with E-state index in [0.717, 1.165) is 5.56 Å². The predicted octanol–water partition coefficient (Wildman–Crippen LogP) is 0.950. The average Bonchev–Trinajstić information content (AvgIpc) is 2.70. The first-order chi connectivity index (χ1) is 8.93. The molecule has 4 nitrogen and oxygen atoms in total. The maximum atomic E-state index is 14.0. The van der Waals surface area contributed by atoms with Gasteiger partial charge in [-0.15, -0.1) is 0 Å². The number of halogens is 1. The van der Waals surface area contributed by atoms with Gasteiger partial charge in [0.1, 0.15) is 5.82 Å². The minimum atomic E-state index is -2.96. The number of anilines is 1.